The molecule has 7 nitrogen and oxygen atoms in total. The monoisotopic (exact) mass is 677 g/mol. The average Bonchev–Trinajstić information content (AvgIpc) is 3.44. The van der Waals surface area contributed by atoms with E-state index >= 15 is 0 Å². The first-order chi connectivity index (χ1) is 19.1. The Labute approximate surface area is 248 Å². The summed E-state index contributed by atoms with van der Waals surface area (Å²) in [4.78, 5) is 29.1. The summed E-state index contributed by atoms with van der Waals surface area (Å²) >= 11 is 2.12. The van der Waals surface area contributed by atoms with E-state index in [0.29, 0.717) is 5.69 Å². The van der Waals surface area contributed by atoms with E-state index in [-0.39, 0.29) is 30.5 Å². The summed E-state index contributed by atoms with van der Waals surface area (Å²) in [5.74, 6) is -1.44. The Bertz CT molecular complexity index is 1410. The molecule has 0 bridgehead atoms. The van der Waals surface area contributed by atoms with E-state index in [1.54, 1.807) is 42.5 Å². The molecular formula is C30H33FIN3O4S. The number of rotatable bonds is 11. The van der Waals surface area contributed by atoms with Gasteiger partial charge in [-0.05, 0) is 71.3 Å². The molecule has 4 rings (SSSR count). The third kappa shape index (κ3) is 8.03. The highest BCUT2D eigenvalue weighted by Gasteiger charge is 2.34. The van der Waals surface area contributed by atoms with Gasteiger partial charge >= 0.3 is 0 Å². The van der Waals surface area contributed by atoms with Gasteiger partial charge in [0.05, 0.1) is 11.9 Å². The van der Waals surface area contributed by atoms with Crippen molar-refractivity contribution < 1.29 is 22.4 Å². The highest BCUT2D eigenvalue weighted by Crippen LogP contribution is 2.23. The molecular weight excluding hydrogens is 644 g/mol. The van der Waals surface area contributed by atoms with E-state index < -0.39 is 34.3 Å². The van der Waals surface area contributed by atoms with Crippen molar-refractivity contribution in [2.45, 2.75) is 50.7 Å². The van der Waals surface area contributed by atoms with Crippen LogP contribution >= 0.6 is 22.6 Å². The summed E-state index contributed by atoms with van der Waals surface area (Å²) < 4.78 is 42.4. The lowest BCUT2D eigenvalue weighted by molar-refractivity contribution is -0.140. The van der Waals surface area contributed by atoms with E-state index in [2.05, 4.69) is 27.9 Å². The summed E-state index contributed by atoms with van der Waals surface area (Å²) in [6, 6.07) is 21.2. The zero-order chi connectivity index (χ0) is 28.7. The molecule has 1 aliphatic carbocycles. The number of nitrogens with one attached hydrogen (secondary N) is 1. The van der Waals surface area contributed by atoms with Crippen LogP contribution in [0.4, 0.5) is 10.1 Å². The van der Waals surface area contributed by atoms with Crippen LogP contribution in [-0.4, -0.2) is 50.0 Å². The van der Waals surface area contributed by atoms with Gasteiger partial charge < -0.3 is 10.2 Å². The van der Waals surface area contributed by atoms with Crippen molar-refractivity contribution in [2.24, 2.45) is 0 Å². The molecule has 0 spiro atoms. The van der Waals surface area contributed by atoms with Crippen molar-refractivity contribution in [1.82, 2.24) is 10.2 Å². The van der Waals surface area contributed by atoms with Crippen molar-refractivity contribution in [2.75, 3.05) is 17.1 Å². The summed E-state index contributed by atoms with van der Waals surface area (Å²) in [7, 11) is -3.86. The third-order valence-corrected chi connectivity index (χ3v) is 8.92. The Morgan fingerprint density at radius 2 is 1.60 bits per heavy atom. The Hall–Kier alpha value is -2.99. The molecule has 0 saturated heterocycles. The number of nitrogens with zero attached hydrogens (tertiary/aromatic N) is 2. The highest BCUT2D eigenvalue weighted by atomic mass is 127. The lowest BCUT2D eigenvalue weighted by Crippen LogP contribution is -2.54. The first-order valence-electron chi connectivity index (χ1n) is 13.2. The Balaban J connectivity index is 1.72. The van der Waals surface area contributed by atoms with Crippen molar-refractivity contribution in [3.63, 3.8) is 0 Å². The van der Waals surface area contributed by atoms with Crippen molar-refractivity contribution in [3.8, 4) is 0 Å². The second-order valence-electron chi connectivity index (χ2n) is 10.1. The normalized spacial score (nSPS) is 14.5. The van der Waals surface area contributed by atoms with E-state index in [4.69, 9.17) is 0 Å². The predicted octanol–water partition coefficient (Wildman–Crippen LogP) is 4.90. The molecule has 10 heteroatoms. The molecule has 0 heterocycles. The van der Waals surface area contributed by atoms with Crippen LogP contribution in [0.15, 0.2) is 78.9 Å². The number of amides is 2. The first-order valence-corrected chi connectivity index (χ1v) is 16.1. The second kappa shape index (κ2) is 13.6. The summed E-state index contributed by atoms with van der Waals surface area (Å²) in [6.45, 7) is -0.721. The maximum atomic E-state index is 14.8. The van der Waals surface area contributed by atoms with Gasteiger partial charge in [-0.25, -0.2) is 12.8 Å². The third-order valence-electron chi connectivity index (χ3n) is 7.06. The molecule has 212 valence electrons. The Morgan fingerprint density at radius 1 is 0.975 bits per heavy atom. The van der Waals surface area contributed by atoms with Gasteiger partial charge in [0.1, 0.15) is 18.4 Å². The largest absolute Gasteiger partial charge is 0.352 e. The number of hydrogen-bond donors (Lipinski definition) is 1. The molecule has 0 unspecified atom stereocenters. The minimum absolute atomic E-state index is 0.00972. The van der Waals surface area contributed by atoms with E-state index in [9.17, 15) is 22.4 Å². The second-order valence-corrected chi connectivity index (χ2v) is 13.2. The van der Waals surface area contributed by atoms with Gasteiger partial charge in [0, 0.05) is 28.1 Å². The van der Waals surface area contributed by atoms with Crippen LogP contribution in [-0.2, 0) is 32.6 Å². The van der Waals surface area contributed by atoms with Crippen LogP contribution in [0.5, 0.6) is 0 Å². The lowest BCUT2D eigenvalue weighted by Gasteiger charge is -2.34. The number of anilines is 1. The topological polar surface area (TPSA) is 86.8 Å². The Kier molecular flexibility index (Phi) is 10.2. The first kappa shape index (κ1) is 30.0. The van der Waals surface area contributed by atoms with E-state index in [1.807, 2.05) is 30.3 Å². The van der Waals surface area contributed by atoms with E-state index in [0.717, 1.165) is 45.4 Å². The fourth-order valence-corrected chi connectivity index (χ4v) is 6.16. The summed E-state index contributed by atoms with van der Waals surface area (Å²) in [5.41, 5.74) is 1.40. The highest BCUT2D eigenvalue weighted by molar-refractivity contribution is 14.1. The molecule has 0 aromatic heterocycles. The fraction of sp³-hybridized carbons (Fsp3) is 0.333. The number of carbonyl (C=O) groups is 2. The molecule has 1 N–H and O–H groups in total. The van der Waals surface area contributed by atoms with Crippen LogP contribution in [0.2, 0.25) is 0 Å². The molecule has 0 radical (unpaired) electrons. The van der Waals surface area contributed by atoms with Crippen LogP contribution in [0, 0.1) is 9.39 Å². The van der Waals surface area contributed by atoms with Gasteiger partial charge in [0.15, 0.2) is 0 Å². The number of carbonyl (C=O) groups excluding carboxylic acids is 2. The minimum Gasteiger partial charge on any atom is -0.352 e. The molecule has 40 heavy (non-hydrogen) atoms. The maximum Gasteiger partial charge on any atom is 0.244 e. The van der Waals surface area contributed by atoms with Gasteiger partial charge in [0.2, 0.25) is 21.8 Å². The predicted molar refractivity (Wildman–Crippen MR) is 163 cm³/mol. The van der Waals surface area contributed by atoms with Crippen molar-refractivity contribution >= 4 is 50.1 Å². The molecule has 1 aliphatic rings. The number of halogens is 2. The summed E-state index contributed by atoms with van der Waals surface area (Å²) in [6.07, 6.45) is 4.99. The van der Waals surface area contributed by atoms with Crippen LogP contribution in [0.3, 0.4) is 0 Å². The minimum atomic E-state index is -3.86. The molecule has 2 amide bonds. The average molecular weight is 678 g/mol. The molecule has 1 saturated carbocycles. The van der Waals surface area contributed by atoms with Gasteiger partial charge in [-0.1, -0.05) is 61.4 Å². The van der Waals surface area contributed by atoms with Crippen LogP contribution < -0.4 is 9.62 Å². The number of hydrogen-bond acceptors (Lipinski definition) is 4. The number of sulfonamides is 1. The van der Waals surface area contributed by atoms with Gasteiger partial charge in [0.25, 0.3) is 0 Å². The van der Waals surface area contributed by atoms with E-state index in [1.165, 1.54) is 11.0 Å². The molecule has 1 atom stereocenters. The van der Waals surface area contributed by atoms with Crippen molar-refractivity contribution in [1.29, 1.82) is 0 Å². The molecule has 0 aliphatic heterocycles. The quantitative estimate of drug-likeness (QED) is 0.293. The molecule has 1 fully saturated rings. The van der Waals surface area contributed by atoms with Gasteiger partial charge in [-0.3, -0.25) is 13.9 Å². The van der Waals surface area contributed by atoms with Crippen molar-refractivity contribution in [3.05, 3.63) is 99.4 Å². The smallest absolute Gasteiger partial charge is 0.244 e. The van der Waals surface area contributed by atoms with Gasteiger partial charge in [-0.2, -0.15) is 0 Å². The fourth-order valence-electron chi connectivity index (χ4n) is 4.95. The zero-order valence-electron chi connectivity index (χ0n) is 22.3. The molecule has 3 aromatic carbocycles. The zero-order valence-corrected chi connectivity index (χ0v) is 25.3. The van der Waals surface area contributed by atoms with Gasteiger partial charge in [-0.15, -0.1) is 0 Å². The number of benzene rings is 3. The standard InChI is InChI=1S/C30H33FIN3O4S/c1-40(38,39)35(26-17-15-24(32)16-18-26)21-29(36)34(20-23-11-5-8-14-27(23)31)28(19-22-9-3-2-4-10-22)30(37)33-25-12-6-7-13-25/h2-5,8-11,14-18,25,28H,6-7,12-13,19-21H2,1H3,(H,33,37)/t28-/m1/s1. The van der Waals surface area contributed by atoms with Crippen LogP contribution in [0.1, 0.15) is 36.8 Å². The molecule has 3 aromatic rings. The maximum absolute atomic E-state index is 14.8. The lowest BCUT2D eigenvalue weighted by atomic mass is 10.0. The van der Waals surface area contributed by atoms with Crippen LogP contribution in [0.25, 0.3) is 0 Å². The SMILES string of the molecule is CS(=O)(=O)N(CC(=O)N(Cc1ccccc1F)[C@H](Cc1ccccc1)C(=O)NC1CCCC1)c1ccc(I)cc1. The summed E-state index contributed by atoms with van der Waals surface area (Å²) in [5, 5.41) is 3.10. The Morgan fingerprint density at radius 3 is 2.23 bits per heavy atom.